The molecule has 5 rings (SSSR count). The van der Waals surface area contributed by atoms with Gasteiger partial charge in [0.2, 0.25) is 0 Å². The van der Waals surface area contributed by atoms with Gasteiger partial charge in [-0.05, 0) is 70.3 Å². The van der Waals surface area contributed by atoms with Gasteiger partial charge in [0.1, 0.15) is 0 Å². The van der Waals surface area contributed by atoms with Crippen LogP contribution < -0.4 is 5.46 Å². The van der Waals surface area contributed by atoms with E-state index in [2.05, 4.69) is 118 Å². The molecular formula is C28H30BNO2. The summed E-state index contributed by atoms with van der Waals surface area (Å²) in [7, 11) is -0.369. The van der Waals surface area contributed by atoms with Crippen molar-refractivity contribution in [1.82, 2.24) is 4.57 Å². The number of allylic oxidation sites excluding steroid dienone is 8. The molecule has 3 aromatic rings. The van der Waals surface area contributed by atoms with Crippen LogP contribution in [0.2, 0.25) is 0 Å². The Bertz CT molecular complexity index is 1300. The zero-order valence-electron chi connectivity index (χ0n) is 19.6. The Morgan fingerprint density at radius 2 is 1.66 bits per heavy atom. The largest absolute Gasteiger partial charge is 0.494 e. The molecule has 1 aliphatic heterocycles. The first-order chi connectivity index (χ1) is 15.3. The van der Waals surface area contributed by atoms with E-state index >= 15 is 0 Å². The fourth-order valence-corrected chi connectivity index (χ4v) is 4.56. The number of rotatable bonds is 3. The summed E-state index contributed by atoms with van der Waals surface area (Å²) < 4.78 is 15.1. The average molecular weight is 423 g/mol. The minimum atomic E-state index is -0.369. The molecule has 32 heavy (non-hydrogen) atoms. The zero-order chi connectivity index (χ0) is 22.5. The maximum absolute atomic E-state index is 6.33. The predicted octanol–water partition coefficient (Wildman–Crippen LogP) is 6.40. The lowest BCUT2D eigenvalue weighted by Crippen LogP contribution is -2.41. The molecule has 1 fully saturated rings. The monoisotopic (exact) mass is 423 g/mol. The van der Waals surface area contributed by atoms with Crippen LogP contribution >= 0.6 is 0 Å². The normalized spacial score (nSPS) is 21.3. The SMILES string of the molecule is C/C=C\C(=C1\C=CC=CC1)n1c2ccccc2c2cc(B3OC(C)(C)C(C)(C)O3)ccc21. The molecule has 0 spiro atoms. The van der Waals surface area contributed by atoms with Gasteiger partial charge in [-0.15, -0.1) is 0 Å². The van der Waals surface area contributed by atoms with Crippen LogP contribution in [0.1, 0.15) is 41.0 Å². The lowest BCUT2D eigenvalue weighted by Gasteiger charge is -2.32. The molecule has 162 valence electrons. The van der Waals surface area contributed by atoms with Crippen LogP contribution in [0.25, 0.3) is 27.5 Å². The third-order valence-corrected chi connectivity index (χ3v) is 7.00. The molecule has 2 aromatic carbocycles. The zero-order valence-corrected chi connectivity index (χ0v) is 19.6. The predicted molar refractivity (Wildman–Crippen MR) is 136 cm³/mol. The Morgan fingerprint density at radius 1 is 0.938 bits per heavy atom. The van der Waals surface area contributed by atoms with Gasteiger partial charge in [-0.3, -0.25) is 0 Å². The molecule has 0 bridgehead atoms. The Hall–Kier alpha value is -2.82. The van der Waals surface area contributed by atoms with Gasteiger partial charge in [0.05, 0.1) is 22.2 Å². The highest BCUT2D eigenvalue weighted by atomic mass is 16.7. The van der Waals surface area contributed by atoms with Crippen molar-refractivity contribution in [1.29, 1.82) is 0 Å². The van der Waals surface area contributed by atoms with Gasteiger partial charge in [0.15, 0.2) is 0 Å². The molecule has 2 aliphatic rings. The molecule has 2 heterocycles. The van der Waals surface area contributed by atoms with Crippen molar-refractivity contribution < 1.29 is 9.31 Å². The van der Waals surface area contributed by atoms with Crippen molar-refractivity contribution >= 4 is 40.1 Å². The summed E-state index contributed by atoms with van der Waals surface area (Å²) in [6, 6.07) is 15.2. The van der Waals surface area contributed by atoms with Crippen LogP contribution in [-0.2, 0) is 9.31 Å². The summed E-state index contributed by atoms with van der Waals surface area (Å²) in [6.07, 6.45) is 13.9. The lowest BCUT2D eigenvalue weighted by atomic mass is 9.78. The highest BCUT2D eigenvalue weighted by Crippen LogP contribution is 2.38. The van der Waals surface area contributed by atoms with Crippen LogP contribution in [0.3, 0.4) is 0 Å². The average Bonchev–Trinajstić information content (AvgIpc) is 3.22. The fraction of sp³-hybridized carbons (Fsp3) is 0.286. The highest BCUT2D eigenvalue weighted by Gasteiger charge is 2.51. The van der Waals surface area contributed by atoms with E-state index in [-0.39, 0.29) is 18.3 Å². The fourth-order valence-electron chi connectivity index (χ4n) is 4.56. The summed E-state index contributed by atoms with van der Waals surface area (Å²) in [5, 5.41) is 2.45. The molecule has 0 saturated carbocycles. The molecule has 0 atom stereocenters. The van der Waals surface area contributed by atoms with Gasteiger partial charge in [-0.25, -0.2) is 0 Å². The number of nitrogens with zero attached hydrogens (tertiary/aromatic N) is 1. The van der Waals surface area contributed by atoms with Crippen LogP contribution in [0.15, 0.2) is 84.5 Å². The Morgan fingerprint density at radius 3 is 2.34 bits per heavy atom. The molecule has 0 N–H and O–H groups in total. The second-order valence-corrected chi connectivity index (χ2v) is 9.62. The standard InChI is InChI=1S/C28H30BNO2/c1-6-12-24(20-13-8-7-9-14-20)30-25-16-11-10-15-22(25)23-19-21(17-18-26(23)30)29-31-27(2,3)28(4,5)32-29/h6-13,15-19H,14H2,1-5H3/b12-6-,24-20+. The molecule has 1 saturated heterocycles. The second kappa shape index (κ2) is 7.65. The van der Waals surface area contributed by atoms with Gasteiger partial charge in [0, 0.05) is 16.5 Å². The molecule has 3 nitrogen and oxygen atoms in total. The summed E-state index contributed by atoms with van der Waals surface area (Å²) in [4.78, 5) is 0. The Labute approximate surface area is 190 Å². The minimum absolute atomic E-state index is 0.356. The van der Waals surface area contributed by atoms with E-state index in [4.69, 9.17) is 9.31 Å². The maximum atomic E-state index is 6.33. The van der Waals surface area contributed by atoms with Crippen LogP contribution in [0.4, 0.5) is 0 Å². The van der Waals surface area contributed by atoms with E-state index in [1.54, 1.807) is 0 Å². The molecule has 1 aliphatic carbocycles. The van der Waals surface area contributed by atoms with E-state index in [0.29, 0.717) is 0 Å². The van der Waals surface area contributed by atoms with E-state index < -0.39 is 0 Å². The first-order valence-corrected chi connectivity index (χ1v) is 11.4. The molecule has 0 unspecified atom stereocenters. The van der Waals surface area contributed by atoms with Crippen molar-refractivity contribution in [3.8, 4) is 0 Å². The summed E-state index contributed by atoms with van der Waals surface area (Å²) >= 11 is 0. The van der Waals surface area contributed by atoms with Crippen molar-refractivity contribution in [2.75, 3.05) is 0 Å². The highest BCUT2D eigenvalue weighted by molar-refractivity contribution is 6.62. The molecular weight excluding hydrogens is 393 g/mol. The van der Waals surface area contributed by atoms with Gasteiger partial charge in [0.25, 0.3) is 0 Å². The second-order valence-electron chi connectivity index (χ2n) is 9.62. The molecule has 4 heteroatoms. The maximum Gasteiger partial charge on any atom is 0.494 e. The van der Waals surface area contributed by atoms with Crippen molar-refractivity contribution in [2.45, 2.75) is 52.2 Å². The van der Waals surface area contributed by atoms with E-state index in [0.717, 1.165) is 11.9 Å². The molecule has 0 amide bonds. The topological polar surface area (TPSA) is 23.4 Å². The van der Waals surface area contributed by atoms with Gasteiger partial charge in [-0.1, -0.05) is 60.7 Å². The number of aromatic nitrogens is 1. The minimum Gasteiger partial charge on any atom is -0.399 e. The Balaban J connectivity index is 1.72. The Kier molecular flexibility index (Phi) is 5.03. The van der Waals surface area contributed by atoms with Crippen molar-refractivity contribution in [3.05, 3.63) is 84.5 Å². The van der Waals surface area contributed by atoms with Crippen molar-refractivity contribution in [3.63, 3.8) is 0 Å². The van der Waals surface area contributed by atoms with Gasteiger partial charge >= 0.3 is 7.12 Å². The lowest BCUT2D eigenvalue weighted by molar-refractivity contribution is 0.00578. The van der Waals surface area contributed by atoms with Crippen LogP contribution in [0.5, 0.6) is 0 Å². The molecule has 0 radical (unpaired) electrons. The summed E-state index contributed by atoms with van der Waals surface area (Å²) in [5.41, 5.74) is 5.26. The van der Waals surface area contributed by atoms with E-state index in [1.807, 2.05) is 0 Å². The van der Waals surface area contributed by atoms with Gasteiger partial charge < -0.3 is 13.9 Å². The van der Waals surface area contributed by atoms with E-state index in [1.165, 1.54) is 33.1 Å². The van der Waals surface area contributed by atoms with Crippen LogP contribution in [0, 0.1) is 0 Å². The third-order valence-electron chi connectivity index (χ3n) is 7.00. The van der Waals surface area contributed by atoms with Crippen molar-refractivity contribution in [2.24, 2.45) is 0 Å². The summed E-state index contributed by atoms with van der Waals surface area (Å²) in [6.45, 7) is 10.5. The number of fused-ring (bicyclic) bond motifs is 3. The first-order valence-electron chi connectivity index (χ1n) is 11.4. The number of hydrogen-bond acceptors (Lipinski definition) is 2. The van der Waals surface area contributed by atoms with E-state index in [9.17, 15) is 0 Å². The van der Waals surface area contributed by atoms with Gasteiger partial charge in [-0.2, -0.15) is 0 Å². The molecule has 1 aromatic heterocycles. The number of hydrogen-bond donors (Lipinski definition) is 0. The first kappa shape index (κ1) is 21.1. The third kappa shape index (κ3) is 3.30. The number of benzene rings is 2. The smallest absolute Gasteiger partial charge is 0.399 e. The summed E-state index contributed by atoms with van der Waals surface area (Å²) in [5.74, 6) is 0. The quantitative estimate of drug-likeness (QED) is 0.455. The van der Waals surface area contributed by atoms with Crippen LogP contribution in [-0.4, -0.2) is 22.9 Å². The number of para-hydroxylation sites is 1.